The molecule has 0 radical (unpaired) electrons. The number of Topliss-reactive ketones (excluding diaryl/α,β-unsaturated/α-hetero) is 1. The van der Waals surface area contributed by atoms with Crippen LogP contribution in [0, 0.1) is 11.3 Å². The minimum Gasteiger partial charge on any atom is -0.492 e. The van der Waals surface area contributed by atoms with Gasteiger partial charge in [0.25, 0.3) is 0 Å². The number of hydrogen-bond donors (Lipinski definition) is 0. The minimum absolute atomic E-state index is 0.116. The van der Waals surface area contributed by atoms with E-state index < -0.39 is 0 Å². The van der Waals surface area contributed by atoms with Gasteiger partial charge in [-0.25, -0.2) is 0 Å². The Labute approximate surface area is 149 Å². The fourth-order valence-corrected chi connectivity index (χ4v) is 4.27. The van der Waals surface area contributed by atoms with Gasteiger partial charge in [-0.2, -0.15) is 0 Å². The number of fused-ring (bicyclic) bond motifs is 1. The molecule has 3 nitrogen and oxygen atoms in total. The normalized spacial score (nSPS) is 22.4. The number of ketones is 2. The lowest BCUT2D eigenvalue weighted by molar-refractivity contribution is 0.0916. The number of carbonyl (C=O) groups is 2. The first-order valence-corrected chi connectivity index (χ1v) is 8.99. The number of ether oxygens (including phenoxy) is 1. The van der Waals surface area contributed by atoms with Crippen molar-refractivity contribution in [2.24, 2.45) is 11.3 Å². The zero-order valence-electron chi connectivity index (χ0n) is 15.4. The first-order valence-electron chi connectivity index (χ1n) is 8.99. The van der Waals surface area contributed by atoms with E-state index in [9.17, 15) is 9.59 Å². The second-order valence-corrected chi connectivity index (χ2v) is 7.88. The van der Waals surface area contributed by atoms with E-state index in [1.165, 1.54) is 31.6 Å². The largest absolute Gasteiger partial charge is 0.492 e. The molecule has 1 aromatic rings. The molecule has 0 N–H and O–H groups in total. The molecule has 3 rings (SSSR count). The van der Waals surface area contributed by atoms with E-state index in [4.69, 9.17) is 4.74 Å². The Morgan fingerprint density at radius 2 is 2.00 bits per heavy atom. The van der Waals surface area contributed by atoms with E-state index in [2.05, 4.69) is 20.4 Å². The van der Waals surface area contributed by atoms with Crippen LogP contribution in [0.25, 0.3) is 0 Å². The molecule has 2 aliphatic rings. The van der Waals surface area contributed by atoms with Gasteiger partial charge in [-0.1, -0.05) is 32.1 Å². The summed E-state index contributed by atoms with van der Waals surface area (Å²) < 4.78 is 5.00. The molecule has 0 bridgehead atoms. The van der Waals surface area contributed by atoms with Crippen LogP contribution < -0.4 is 0 Å². The highest BCUT2D eigenvalue weighted by molar-refractivity contribution is 6.23. The predicted molar refractivity (Wildman–Crippen MR) is 98.8 cm³/mol. The molecule has 0 aromatic heterocycles. The Bertz CT molecular complexity index is 767. The maximum absolute atomic E-state index is 12.3. The van der Waals surface area contributed by atoms with E-state index in [1.807, 2.05) is 12.1 Å². The van der Waals surface area contributed by atoms with Crippen LogP contribution in [-0.2, 0) is 11.2 Å². The standard InChI is InChI=1S/C22H26O3/c1-14-6-5-11-22(2,3)18(14)10-8-15-7-9-16-17(12-15)19(23)13-20(25-4)21(16)24/h7,9,12-13,18H,1,5-6,8,10-11H2,2-4H3. The SMILES string of the molecule is C=C1CCCC(C)(C)C1CCc1ccc2c(c1)C(=O)C=C(OC)C2=O. The van der Waals surface area contributed by atoms with Gasteiger partial charge in [0, 0.05) is 17.2 Å². The smallest absolute Gasteiger partial charge is 0.228 e. The molecule has 1 atom stereocenters. The molecule has 2 aliphatic carbocycles. The predicted octanol–water partition coefficient (Wildman–Crippen LogP) is 4.91. The van der Waals surface area contributed by atoms with E-state index in [1.54, 1.807) is 6.07 Å². The van der Waals surface area contributed by atoms with Crippen molar-refractivity contribution >= 4 is 11.6 Å². The highest BCUT2D eigenvalue weighted by atomic mass is 16.5. The van der Waals surface area contributed by atoms with E-state index in [0.29, 0.717) is 17.0 Å². The monoisotopic (exact) mass is 338 g/mol. The summed E-state index contributed by atoms with van der Waals surface area (Å²) in [6, 6.07) is 5.59. The molecule has 0 saturated heterocycles. The van der Waals surface area contributed by atoms with Crippen LogP contribution in [-0.4, -0.2) is 18.7 Å². The molecule has 1 fully saturated rings. The van der Waals surface area contributed by atoms with Crippen LogP contribution >= 0.6 is 0 Å². The number of aryl methyl sites for hydroxylation is 1. The van der Waals surface area contributed by atoms with Crippen molar-refractivity contribution in [1.29, 1.82) is 0 Å². The van der Waals surface area contributed by atoms with Crippen LogP contribution in [0.5, 0.6) is 0 Å². The summed E-state index contributed by atoms with van der Waals surface area (Å²) in [6.07, 6.45) is 6.80. The molecule has 132 valence electrons. The second-order valence-electron chi connectivity index (χ2n) is 7.88. The van der Waals surface area contributed by atoms with Gasteiger partial charge in [-0.15, -0.1) is 0 Å². The van der Waals surface area contributed by atoms with Gasteiger partial charge in [-0.05, 0) is 61.1 Å². The summed E-state index contributed by atoms with van der Waals surface area (Å²) in [7, 11) is 1.41. The van der Waals surface area contributed by atoms with Crippen molar-refractivity contribution < 1.29 is 14.3 Å². The molecule has 0 spiro atoms. The number of carbonyl (C=O) groups excluding carboxylic acids is 2. The number of rotatable bonds is 4. The second kappa shape index (κ2) is 6.62. The van der Waals surface area contributed by atoms with Gasteiger partial charge < -0.3 is 4.74 Å². The van der Waals surface area contributed by atoms with Crippen LogP contribution in [0.1, 0.15) is 65.8 Å². The molecular weight excluding hydrogens is 312 g/mol. The summed E-state index contributed by atoms with van der Waals surface area (Å²) in [5.74, 6) is 0.251. The molecule has 1 aromatic carbocycles. The van der Waals surface area contributed by atoms with Crippen molar-refractivity contribution in [3.63, 3.8) is 0 Å². The Balaban J connectivity index is 1.79. The third kappa shape index (κ3) is 3.33. The highest BCUT2D eigenvalue weighted by Crippen LogP contribution is 2.45. The van der Waals surface area contributed by atoms with Gasteiger partial charge in [0.05, 0.1) is 7.11 Å². The maximum Gasteiger partial charge on any atom is 0.228 e. The molecule has 0 aliphatic heterocycles. The Kier molecular flexibility index (Phi) is 4.68. The van der Waals surface area contributed by atoms with E-state index in [-0.39, 0.29) is 22.7 Å². The van der Waals surface area contributed by atoms with Crippen molar-refractivity contribution in [3.05, 3.63) is 58.9 Å². The summed E-state index contributed by atoms with van der Waals surface area (Å²) >= 11 is 0. The number of hydrogen-bond acceptors (Lipinski definition) is 3. The Morgan fingerprint density at radius 1 is 1.24 bits per heavy atom. The number of benzene rings is 1. The van der Waals surface area contributed by atoms with Crippen molar-refractivity contribution in [1.82, 2.24) is 0 Å². The van der Waals surface area contributed by atoms with Crippen LogP contribution in [0.4, 0.5) is 0 Å². The summed E-state index contributed by atoms with van der Waals surface area (Å²) in [5.41, 5.74) is 3.67. The average Bonchev–Trinajstić information content (AvgIpc) is 2.57. The van der Waals surface area contributed by atoms with Gasteiger partial charge >= 0.3 is 0 Å². The molecule has 0 amide bonds. The van der Waals surface area contributed by atoms with E-state index in [0.717, 1.165) is 24.8 Å². The lowest BCUT2D eigenvalue weighted by atomic mass is 9.65. The fraction of sp³-hybridized carbons (Fsp3) is 0.455. The van der Waals surface area contributed by atoms with E-state index >= 15 is 0 Å². The Hall–Kier alpha value is -2.16. The highest BCUT2D eigenvalue weighted by Gasteiger charge is 2.34. The van der Waals surface area contributed by atoms with Gasteiger partial charge in [0.1, 0.15) is 0 Å². The molecule has 25 heavy (non-hydrogen) atoms. The number of methoxy groups -OCH3 is 1. The topological polar surface area (TPSA) is 43.4 Å². The zero-order chi connectivity index (χ0) is 18.2. The molecule has 1 unspecified atom stereocenters. The van der Waals surface area contributed by atoms with Crippen LogP contribution in [0.15, 0.2) is 42.2 Å². The van der Waals surface area contributed by atoms with Gasteiger partial charge in [0.2, 0.25) is 5.78 Å². The summed E-state index contributed by atoms with van der Waals surface area (Å²) in [5, 5.41) is 0. The quantitative estimate of drug-likeness (QED) is 0.733. The first-order chi connectivity index (χ1) is 11.8. The minimum atomic E-state index is -0.217. The van der Waals surface area contributed by atoms with Gasteiger partial charge in [-0.3, -0.25) is 9.59 Å². The summed E-state index contributed by atoms with van der Waals surface area (Å²) in [4.78, 5) is 24.6. The maximum atomic E-state index is 12.3. The number of allylic oxidation sites excluding steroid dienone is 3. The third-order valence-electron chi connectivity index (χ3n) is 5.78. The van der Waals surface area contributed by atoms with Crippen molar-refractivity contribution in [3.8, 4) is 0 Å². The zero-order valence-corrected chi connectivity index (χ0v) is 15.4. The molecule has 1 saturated carbocycles. The third-order valence-corrected chi connectivity index (χ3v) is 5.78. The summed E-state index contributed by atoms with van der Waals surface area (Å²) in [6.45, 7) is 8.95. The van der Waals surface area contributed by atoms with Crippen LogP contribution in [0.3, 0.4) is 0 Å². The molecule has 3 heteroatoms. The lowest BCUT2D eigenvalue weighted by Gasteiger charge is -2.40. The molecular formula is C22H26O3. The van der Waals surface area contributed by atoms with Crippen molar-refractivity contribution in [2.45, 2.75) is 46.0 Å². The fourth-order valence-electron chi connectivity index (χ4n) is 4.27. The lowest BCUT2D eigenvalue weighted by Crippen LogP contribution is -2.29. The first kappa shape index (κ1) is 17.7. The van der Waals surface area contributed by atoms with Crippen LogP contribution in [0.2, 0.25) is 0 Å². The van der Waals surface area contributed by atoms with Crippen molar-refractivity contribution in [2.75, 3.05) is 7.11 Å². The average molecular weight is 338 g/mol. The van der Waals surface area contributed by atoms with Gasteiger partial charge in [0.15, 0.2) is 11.5 Å². The molecule has 0 heterocycles. The Morgan fingerprint density at radius 3 is 2.68 bits per heavy atom.